The molecule has 7 heteroatoms. The lowest BCUT2D eigenvalue weighted by molar-refractivity contribution is -0.192. The van der Waals surface area contributed by atoms with E-state index in [4.69, 9.17) is 9.90 Å². The Bertz CT molecular complexity index is 295. The van der Waals surface area contributed by atoms with Gasteiger partial charge in [0.05, 0.1) is 0 Å². The highest BCUT2D eigenvalue weighted by Gasteiger charge is 2.53. The van der Waals surface area contributed by atoms with E-state index in [1.54, 1.807) is 0 Å². The number of alkyl halides is 3. The van der Waals surface area contributed by atoms with Crippen molar-refractivity contribution in [3.05, 3.63) is 0 Å². The number of carbonyl (C=O) groups excluding carboxylic acids is 1. The Balaban J connectivity index is 0.000000168. The van der Waals surface area contributed by atoms with Gasteiger partial charge in [-0.3, -0.25) is 4.79 Å². The fourth-order valence-electron chi connectivity index (χ4n) is 1.62. The molecule has 0 radical (unpaired) electrons. The maximum absolute atomic E-state index is 10.8. The van der Waals surface area contributed by atoms with Crippen molar-refractivity contribution in [2.24, 2.45) is 5.41 Å². The van der Waals surface area contributed by atoms with Crippen LogP contribution in [0.1, 0.15) is 19.3 Å². The van der Waals surface area contributed by atoms with E-state index in [0.717, 1.165) is 32.4 Å². The van der Waals surface area contributed by atoms with Crippen molar-refractivity contribution >= 4 is 11.8 Å². The van der Waals surface area contributed by atoms with Gasteiger partial charge in [-0.2, -0.15) is 13.2 Å². The number of carbonyl (C=O) groups is 2. The van der Waals surface area contributed by atoms with Gasteiger partial charge in [0.15, 0.2) is 0 Å². The van der Waals surface area contributed by atoms with Crippen LogP contribution in [0.15, 0.2) is 0 Å². The molecule has 0 amide bonds. The van der Waals surface area contributed by atoms with Crippen LogP contribution in [0, 0.1) is 5.41 Å². The largest absolute Gasteiger partial charge is 0.490 e. The van der Waals surface area contributed by atoms with Crippen LogP contribution in [-0.2, 0) is 9.59 Å². The SMILES string of the molecule is O=C(O)C(F)(F)F.O=C1CC12CCNCC2. The molecule has 1 aliphatic heterocycles. The molecule has 1 saturated carbocycles. The van der Waals surface area contributed by atoms with Crippen LogP contribution in [-0.4, -0.2) is 36.1 Å². The molecule has 0 aromatic rings. The first-order chi connectivity index (χ1) is 7.28. The zero-order valence-corrected chi connectivity index (χ0v) is 8.43. The molecule has 1 spiro atoms. The van der Waals surface area contributed by atoms with E-state index in [9.17, 15) is 18.0 Å². The van der Waals surface area contributed by atoms with Gasteiger partial charge in [0, 0.05) is 11.8 Å². The highest BCUT2D eigenvalue weighted by molar-refractivity contribution is 6.00. The lowest BCUT2D eigenvalue weighted by atomic mass is 9.95. The summed E-state index contributed by atoms with van der Waals surface area (Å²) in [7, 11) is 0. The molecule has 2 N–H and O–H groups in total. The normalized spacial score (nSPS) is 22.3. The summed E-state index contributed by atoms with van der Waals surface area (Å²) in [4.78, 5) is 19.7. The first-order valence-electron chi connectivity index (χ1n) is 4.82. The van der Waals surface area contributed by atoms with Crippen LogP contribution in [0.4, 0.5) is 13.2 Å². The smallest absolute Gasteiger partial charge is 0.475 e. The van der Waals surface area contributed by atoms with Crippen molar-refractivity contribution in [1.82, 2.24) is 5.32 Å². The van der Waals surface area contributed by atoms with Gasteiger partial charge in [0.25, 0.3) is 0 Å². The number of nitrogens with one attached hydrogen (secondary N) is 1. The number of carboxylic acid groups (broad SMARTS) is 1. The average Bonchev–Trinajstić information content (AvgIpc) is 2.76. The molecule has 0 atom stereocenters. The summed E-state index contributed by atoms with van der Waals surface area (Å²) in [6.07, 6.45) is -2.04. The van der Waals surface area contributed by atoms with Crippen molar-refractivity contribution in [3.63, 3.8) is 0 Å². The molecule has 2 fully saturated rings. The Labute approximate surface area is 89.8 Å². The summed E-state index contributed by atoms with van der Waals surface area (Å²) >= 11 is 0. The summed E-state index contributed by atoms with van der Waals surface area (Å²) < 4.78 is 31.7. The topological polar surface area (TPSA) is 66.4 Å². The molecule has 2 rings (SSSR count). The van der Waals surface area contributed by atoms with Crippen molar-refractivity contribution in [2.45, 2.75) is 25.4 Å². The van der Waals surface area contributed by atoms with E-state index < -0.39 is 12.1 Å². The molecule has 1 heterocycles. The molecule has 2 aliphatic rings. The van der Waals surface area contributed by atoms with E-state index in [2.05, 4.69) is 5.32 Å². The van der Waals surface area contributed by atoms with E-state index in [-0.39, 0.29) is 5.41 Å². The van der Waals surface area contributed by atoms with Crippen LogP contribution >= 0.6 is 0 Å². The Morgan fingerprint density at radius 2 is 1.69 bits per heavy atom. The highest BCUT2D eigenvalue weighted by Crippen LogP contribution is 2.48. The standard InChI is InChI=1S/C7H11NO.C2HF3O2/c9-6-5-7(6)1-3-8-4-2-7;3-2(4,5)1(6)7/h8H,1-5H2;(H,6,7). The van der Waals surface area contributed by atoms with Gasteiger partial charge in [-0.05, 0) is 25.9 Å². The van der Waals surface area contributed by atoms with E-state index in [0.29, 0.717) is 5.78 Å². The molecule has 16 heavy (non-hydrogen) atoms. The molecule has 0 unspecified atom stereocenters. The van der Waals surface area contributed by atoms with Crippen LogP contribution in [0.25, 0.3) is 0 Å². The van der Waals surface area contributed by atoms with Gasteiger partial charge in [0.2, 0.25) is 0 Å². The summed E-state index contributed by atoms with van der Waals surface area (Å²) in [6, 6.07) is 0. The Hall–Kier alpha value is -1.11. The van der Waals surface area contributed by atoms with Crippen molar-refractivity contribution in [3.8, 4) is 0 Å². The summed E-state index contributed by atoms with van der Waals surface area (Å²) in [6.45, 7) is 2.09. The molecule has 0 aromatic heterocycles. The third-order valence-corrected chi connectivity index (χ3v) is 2.77. The van der Waals surface area contributed by atoms with Crippen molar-refractivity contribution < 1.29 is 27.9 Å². The van der Waals surface area contributed by atoms with Gasteiger partial charge in [-0.1, -0.05) is 0 Å². The second kappa shape index (κ2) is 4.40. The van der Waals surface area contributed by atoms with Crippen LogP contribution in [0.2, 0.25) is 0 Å². The van der Waals surface area contributed by atoms with Gasteiger partial charge in [-0.25, -0.2) is 4.79 Å². The fourth-order valence-corrected chi connectivity index (χ4v) is 1.62. The van der Waals surface area contributed by atoms with Gasteiger partial charge in [-0.15, -0.1) is 0 Å². The zero-order valence-electron chi connectivity index (χ0n) is 8.43. The quantitative estimate of drug-likeness (QED) is 0.660. The second-order valence-electron chi connectivity index (χ2n) is 3.93. The number of ketones is 1. The summed E-state index contributed by atoms with van der Waals surface area (Å²) in [5.41, 5.74) is 0.186. The maximum Gasteiger partial charge on any atom is 0.490 e. The predicted molar refractivity (Wildman–Crippen MR) is 47.9 cm³/mol. The van der Waals surface area contributed by atoms with E-state index in [1.165, 1.54) is 0 Å². The van der Waals surface area contributed by atoms with Gasteiger partial charge < -0.3 is 10.4 Å². The molecule has 0 bridgehead atoms. The molecular weight excluding hydrogens is 227 g/mol. The monoisotopic (exact) mass is 239 g/mol. The molecular formula is C9H12F3NO3. The lowest BCUT2D eigenvalue weighted by Gasteiger charge is -2.19. The average molecular weight is 239 g/mol. The minimum atomic E-state index is -5.08. The molecule has 1 aliphatic carbocycles. The summed E-state index contributed by atoms with van der Waals surface area (Å²) in [5, 5.41) is 10.4. The number of halogens is 3. The predicted octanol–water partition coefficient (Wildman–Crippen LogP) is 0.962. The number of piperidine rings is 1. The van der Waals surface area contributed by atoms with E-state index >= 15 is 0 Å². The maximum atomic E-state index is 10.8. The lowest BCUT2D eigenvalue weighted by Crippen LogP contribution is -2.29. The minimum absolute atomic E-state index is 0.186. The molecule has 0 aromatic carbocycles. The first-order valence-corrected chi connectivity index (χ1v) is 4.82. The van der Waals surface area contributed by atoms with Gasteiger partial charge in [0.1, 0.15) is 5.78 Å². The number of hydrogen-bond acceptors (Lipinski definition) is 3. The third-order valence-electron chi connectivity index (χ3n) is 2.77. The van der Waals surface area contributed by atoms with Crippen molar-refractivity contribution in [2.75, 3.05) is 13.1 Å². The Morgan fingerprint density at radius 1 is 1.31 bits per heavy atom. The summed E-state index contributed by atoms with van der Waals surface area (Å²) in [5.74, 6) is -2.25. The molecule has 4 nitrogen and oxygen atoms in total. The van der Waals surface area contributed by atoms with Crippen molar-refractivity contribution in [1.29, 1.82) is 0 Å². The number of Topliss-reactive ketones (excluding diaryl/α,β-unsaturated/α-hetero) is 1. The number of hydrogen-bond donors (Lipinski definition) is 2. The Kier molecular flexibility index (Phi) is 3.57. The third kappa shape index (κ3) is 3.19. The number of carboxylic acids is 1. The fraction of sp³-hybridized carbons (Fsp3) is 0.778. The van der Waals surface area contributed by atoms with Gasteiger partial charge >= 0.3 is 12.1 Å². The highest BCUT2D eigenvalue weighted by atomic mass is 19.4. The van der Waals surface area contributed by atoms with Crippen LogP contribution in [0.3, 0.4) is 0 Å². The number of aliphatic carboxylic acids is 1. The minimum Gasteiger partial charge on any atom is -0.475 e. The van der Waals surface area contributed by atoms with Crippen LogP contribution < -0.4 is 5.32 Å². The number of rotatable bonds is 0. The van der Waals surface area contributed by atoms with Crippen LogP contribution in [0.5, 0.6) is 0 Å². The second-order valence-corrected chi connectivity index (χ2v) is 3.93. The first kappa shape index (κ1) is 13.0. The Morgan fingerprint density at radius 3 is 1.88 bits per heavy atom. The molecule has 92 valence electrons. The van der Waals surface area contributed by atoms with E-state index in [1.807, 2.05) is 0 Å². The zero-order chi connectivity index (χ0) is 12.4. The molecule has 1 saturated heterocycles.